The predicted octanol–water partition coefficient (Wildman–Crippen LogP) is 3.67. The Morgan fingerprint density at radius 3 is 2.80 bits per heavy atom. The number of benzene rings is 1. The summed E-state index contributed by atoms with van der Waals surface area (Å²) in [4.78, 5) is 17.1. The molecule has 7 heteroatoms. The molecule has 1 aliphatic heterocycles. The number of hydrogen-bond donors (Lipinski definition) is 2. The van der Waals surface area contributed by atoms with Gasteiger partial charge in [-0.15, -0.1) is 24.8 Å². The van der Waals surface area contributed by atoms with E-state index in [0.29, 0.717) is 0 Å². The number of nitrogens with two attached hydrogens (primary N) is 1. The zero-order chi connectivity index (χ0) is 15.8. The lowest BCUT2D eigenvalue weighted by Gasteiger charge is -2.11. The van der Waals surface area contributed by atoms with Crippen molar-refractivity contribution in [3.05, 3.63) is 24.0 Å². The molecule has 1 aromatic heterocycles. The van der Waals surface area contributed by atoms with Gasteiger partial charge in [-0.1, -0.05) is 6.42 Å². The largest absolute Gasteiger partial charge is 0.328 e. The van der Waals surface area contributed by atoms with E-state index in [-0.39, 0.29) is 42.7 Å². The molecule has 1 aromatic carbocycles. The fourth-order valence-corrected chi connectivity index (χ4v) is 3.93. The van der Waals surface area contributed by atoms with Crippen molar-refractivity contribution in [3.63, 3.8) is 0 Å². The van der Waals surface area contributed by atoms with Crippen LogP contribution in [0.4, 0.5) is 5.69 Å². The van der Waals surface area contributed by atoms with E-state index in [0.717, 1.165) is 43.4 Å². The SMILES string of the molecule is Cl.Cl.NC1CCC(C(=O)Nc2ccc3c(c2)nc2n3CCCCC2)C1. The number of halogens is 2. The zero-order valence-corrected chi connectivity index (χ0v) is 15.9. The molecule has 2 heterocycles. The quantitative estimate of drug-likeness (QED) is 0.829. The van der Waals surface area contributed by atoms with Crippen LogP contribution in [0.3, 0.4) is 0 Å². The van der Waals surface area contributed by atoms with E-state index in [1.165, 1.54) is 30.6 Å². The van der Waals surface area contributed by atoms with Gasteiger partial charge in [0.2, 0.25) is 5.91 Å². The van der Waals surface area contributed by atoms with E-state index >= 15 is 0 Å². The molecule has 3 N–H and O–H groups in total. The van der Waals surface area contributed by atoms with Crippen LogP contribution in [0.1, 0.15) is 44.3 Å². The summed E-state index contributed by atoms with van der Waals surface area (Å²) in [5.74, 6) is 1.33. The van der Waals surface area contributed by atoms with Crippen LogP contribution in [-0.4, -0.2) is 21.5 Å². The molecule has 0 spiro atoms. The van der Waals surface area contributed by atoms with Crippen LogP contribution in [0.25, 0.3) is 11.0 Å². The Hall–Kier alpha value is -1.30. The van der Waals surface area contributed by atoms with Crippen molar-refractivity contribution < 1.29 is 4.79 Å². The van der Waals surface area contributed by atoms with E-state index < -0.39 is 0 Å². The second-order valence-corrected chi connectivity index (χ2v) is 6.95. The van der Waals surface area contributed by atoms with Gasteiger partial charge in [-0.25, -0.2) is 4.98 Å². The third kappa shape index (κ3) is 4.10. The van der Waals surface area contributed by atoms with Gasteiger partial charge in [0.15, 0.2) is 0 Å². The van der Waals surface area contributed by atoms with Gasteiger partial charge in [0.25, 0.3) is 0 Å². The lowest BCUT2D eigenvalue weighted by molar-refractivity contribution is -0.119. The van der Waals surface area contributed by atoms with E-state index in [1.807, 2.05) is 12.1 Å². The average molecular weight is 385 g/mol. The van der Waals surface area contributed by atoms with Crippen molar-refractivity contribution in [1.82, 2.24) is 9.55 Å². The molecular formula is C18H26Cl2N4O. The molecule has 1 aliphatic carbocycles. The van der Waals surface area contributed by atoms with E-state index in [9.17, 15) is 4.79 Å². The van der Waals surface area contributed by atoms with Crippen molar-refractivity contribution >= 4 is 47.4 Å². The smallest absolute Gasteiger partial charge is 0.227 e. The molecule has 25 heavy (non-hydrogen) atoms. The molecule has 1 fully saturated rings. The average Bonchev–Trinajstić information content (AvgIpc) is 3.03. The molecule has 4 rings (SSSR count). The first-order valence-electron chi connectivity index (χ1n) is 8.76. The summed E-state index contributed by atoms with van der Waals surface area (Å²) < 4.78 is 2.34. The number of carbonyl (C=O) groups is 1. The number of nitrogens with zero attached hydrogens (tertiary/aromatic N) is 2. The van der Waals surface area contributed by atoms with Crippen LogP contribution in [0.2, 0.25) is 0 Å². The van der Waals surface area contributed by atoms with Crippen molar-refractivity contribution in [2.24, 2.45) is 11.7 Å². The molecule has 2 unspecified atom stereocenters. The molecule has 0 radical (unpaired) electrons. The van der Waals surface area contributed by atoms with Gasteiger partial charge in [0.1, 0.15) is 5.82 Å². The minimum Gasteiger partial charge on any atom is -0.328 e. The molecule has 0 bridgehead atoms. The predicted molar refractivity (Wildman–Crippen MR) is 106 cm³/mol. The van der Waals surface area contributed by atoms with Gasteiger partial charge in [-0.05, 0) is 50.3 Å². The highest BCUT2D eigenvalue weighted by Gasteiger charge is 2.27. The number of anilines is 1. The number of rotatable bonds is 2. The monoisotopic (exact) mass is 384 g/mol. The maximum absolute atomic E-state index is 12.3. The van der Waals surface area contributed by atoms with Crippen molar-refractivity contribution in [1.29, 1.82) is 0 Å². The summed E-state index contributed by atoms with van der Waals surface area (Å²) in [6.07, 6.45) is 7.42. The zero-order valence-electron chi connectivity index (χ0n) is 14.2. The van der Waals surface area contributed by atoms with Gasteiger partial charge in [-0.3, -0.25) is 4.79 Å². The summed E-state index contributed by atoms with van der Waals surface area (Å²) >= 11 is 0. The van der Waals surface area contributed by atoms with Crippen LogP contribution in [0.5, 0.6) is 0 Å². The Kier molecular flexibility index (Phi) is 6.72. The van der Waals surface area contributed by atoms with E-state index in [4.69, 9.17) is 10.7 Å². The summed E-state index contributed by atoms with van der Waals surface area (Å²) in [6.45, 7) is 1.05. The first kappa shape index (κ1) is 20.0. The molecule has 2 atom stereocenters. The lowest BCUT2D eigenvalue weighted by Crippen LogP contribution is -2.23. The van der Waals surface area contributed by atoms with Crippen LogP contribution in [0, 0.1) is 5.92 Å². The second-order valence-electron chi connectivity index (χ2n) is 6.95. The number of hydrogen-bond acceptors (Lipinski definition) is 3. The lowest BCUT2D eigenvalue weighted by atomic mass is 10.1. The Labute approximate surface area is 160 Å². The van der Waals surface area contributed by atoms with Crippen LogP contribution >= 0.6 is 24.8 Å². The number of carbonyl (C=O) groups excluding carboxylic acids is 1. The minimum absolute atomic E-state index is 0. The fourth-order valence-electron chi connectivity index (χ4n) is 3.93. The Morgan fingerprint density at radius 2 is 2.04 bits per heavy atom. The normalized spacial score (nSPS) is 22.4. The van der Waals surface area contributed by atoms with Gasteiger partial charge < -0.3 is 15.6 Å². The summed E-state index contributed by atoms with van der Waals surface area (Å²) in [7, 11) is 0. The van der Waals surface area contributed by atoms with E-state index in [1.54, 1.807) is 0 Å². The van der Waals surface area contributed by atoms with Crippen molar-refractivity contribution in [3.8, 4) is 0 Å². The Balaban J connectivity index is 0.00000113. The number of aryl methyl sites for hydroxylation is 2. The Morgan fingerprint density at radius 1 is 1.20 bits per heavy atom. The molecule has 2 aromatic rings. The van der Waals surface area contributed by atoms with Gasteiger partial charge in [0, 0.05) is 30.6 Å². The van der Waals surface area contributed by atoms with Gasteiger partial charge >= 0.3 is 0 Å². The molecule has 0 saturated heterocycles. The maximum Gasteiger partial charge on any atom is 0.227 e. The summed E-state index contributed by atoms with van der Waals surface area (Å²) in [6, 6.07) is 6.27. The second kappa shape index (κ2) is 8.39. The molecule has 1 saturated carbocycles. The molecule has 1 amide bonds. The number of imidazole rings is 1. The highest BCUT2D eigenvalue weighted by Crippen LogP contribution is 2.27. The van der Waals surface area contributed by atoms with Crippen LogP contribution in [-0.2, 0) is 17.8 Å². The number of nitrogens with one attached hydrogen (secondary N) is 1. The van der Waals surface area contributed by atoms with Crippen LogP contribution in [0.15, 0.2) is 18.2 Å². The third-order valence-electron chi connectivity index (χ3n) is 5.22. The number of fused-ring (bicyclic) bond motifs is 3. The minimum atomic E-state index is 0. The van der Waals surface area contributed by atoms with E-state index in [2.05, 4.69) is 16.0 Å². The van der Waals surface area contributed by atoms with Gasteiger partial charge in [-0.2, -0.15) is 0 Å². The number of aromatic nitrogens is 2. The molecular weight excluding hydrogens is 359 g/mol. The Bertz CT molecular complexity index is 746. The molecule has 2 aliphatic rings. The summed E-state index contributed by atoms with van der Waals surface area (Å²) in [5, 5.41) is 3.05. The highest BCUT2D eigenvalue weighted by molar-refractivity contribution is 5.94. The maximum atomic E-state index is 12.3. The number of amides is 1. The van der Waals surface area contributed by atoms with Crippen molar-refractivity contribution in [2.75, 3.05) is 5.32 Å². The first-order chi connectivity index (χ1) is 11.2. The van der Waals surface area contributed by atoms with Gasteiger partial charge in [0.05, 0.1) is 11.0 Å². The third-order valence-corrected chi connectivity index (χ3v) is 5.22. The molecule has 138 valence electrons. The summed E-state index contributed by atoms with van der Waals surface area (Å²) in [5.41, 5.74) is 8.92. The highest BCUT2D eigenvalue weighted by atomic mass is 35.5. The van der Waals surface area contributed by atoms with Crippen molar-refractivity contribution in [2.45, 2.75) is 57.5 Å². The van der Waals surface area contributed by atoms with Crippen LogP contribution < -0.4 is 11.1 Å². The fraction of sp³-hybridized carbons (Fsp3) is 0.556. The topological polar surface area (TPSA) is 72.9 Å². The first-order valence-corrected chi connectivity index (χ1v) is 8.76. The molecule has 5 nitrogen and oxygen atoms in total. The standard InChI is InChI=1S/C18H24N4O.2ClH/c19-13-6-5-12(10-13)18(23)20-14-7-8-16-15(11-14)21-17-4-2-1-3-9-22(16)17;;/h7-8,11-13H,1-6,9-10,19H2,(H,20,23);2*1H.